The summed E-state index contributed by atoms with van der Waals surface area (Å²) in [5.41, 5.74) is 1.35. The van der Waals surface area contributed by atoms with Crippen LogP contribution in [0.5, 0.6) is 0 Å². The molecule has 0 N–H and O–H groups in total. The van der Waals surface area contributed by atoms with Gasteiger partial charge in [-0.1, -0.05) is 30.3 Å². The van der Waals surface area contributed by atoms with Gasteiger partial charge in [0, 0.05) is 36.5 Å². The Hall–Kier alpha value is -1.80. The highest BCUT2D eigenvalue weighted by atomic mass is 32.1. The van der Waals surface area contributed by atoms with E-state index in [1.807, 2.05) is 20.6 Å². The average molecular weight is 403 g/mol. The van der Waals surface area contributed by atoms with Gasteiger partial charge in [0.15, 0.2) is 4.77 Å². The smallest absolute Gasteiger partial charge is 0.198 e. The van der Waals surface area contributed by atoms with E-state index < -0.39 is 0 Å². The monoisotopic (exact) mass is 402 g/mol. The van der Waals surface area contributed by atoms with Gasteiger partial charge in [0.05, 0.1) is 13.3 Å². The minimum Gasteiger partial charge on any atom is -0.383 e. The normalized spacial score (nSPS) is 11.4. The average Bonchev–Trinajstić information content (AvgIpc) is 3.24. The number of methoxy groups -OCH3 is 1. The van der Waals surface area contributed by atoms with Gasteiger partial charge in [0.25, 0.3) is 0 Å². The van der Waals surface area contributed by atoms with Crippen molar-refractivity contribution in [1.82, 2.24) is 19.2 Å². The maximum absolute atomic E-state index is 5.59. The molecule has 0 radical (unpaired) electrons. The first-order valence-corrected chi connectivity index (χ1v) is 10.3. The molecule has 0 amide bonds. The molecule has 2 heterocycles. The van der Waals surface area contributed by atoms with E-state index in [2.05, 4.69) is 59.4 Å². The highest BCUT2D eigenvalue weighted by Gasteiger charge is 2.11. The standard InChI is InChI=1S/C20H26N4OS2/c1-17-8-9-19(27-17)14-22(11-10-18-6-4-3-5-7-18)16-24-20(26)23(15-21-24)12-13-25-2/h3-9,15H,10-14,16H2,1-2H3. The molecule has 7 heteroatoms. The fraction of sp³-hybridized carbons (Fsp3) is 0.400. The van der Waals surface area contributed by atoms with E-state index in [9.17, 15) is 0 Å². The second-order valence-electron chi connectivity index (χ2n) is 6.54. The number of thiophene rings is 1. The summed E-state index contributed by atoms with van der Waals surface area (Å²) in [7, 11) is 1.70. The molecule has 0 aliphatic carbocycles. The number of aromatic nitrogens is 3. The Bertz CT molecular complexity index is 885. The van der Waals surface area contributed by atoms with Crippen molar-refractivity contribution < 1.29 is 4.74 Å². The Morgan fingerprint density at radius 3 is 2.70 bits per heavy atom. The quantitative estimate of drug-likeness (QED) is 0.478. The lowest BCUT2D eigenvalue weighted by Crippen LogP contribution is -2.28. The second-order valence-corrected chi connectivity index (χ2v) is 8.28. The zero-order valence-electron chi connectivity index (χ0n) is 15.9. The van der Waals surface area contributed by atoms with E-state index in [0.29, 0.717) is 13.3 Å². The van der Waals surface area contributed by atoms with Crippen LogP contribution < -0.4 is 0 Å². The largest absolute Gasteiger partial charge is 0.383 e. The molecule has 27 heavy (non-hydrogen) atoms. The third-order valence-corrected chi connectivity index (χ3v) is 5.83. The Morgan fingerprint density at radius 2 is 2.00 bits per heavy atom. The first-order chi connectivity index (χ1) is 13.2. The maximum Gasteiger partial charge on any atom is 0.198 e. The van der Waals surface area contributed by atoms with Crippen LogP contribution in [0.15, 0.2) is 48.8 Å². The molecule has 0 atom stereocenters. The molecule has 5 nitrogen and oxygen atoms in total. The molecule has 0 bridgehead atoms. The highest BCUT2D eigenvalue weighted by molar-refractivity contribution is 7.71. The van der Waals surface area contributed by atoms with E-state index in [1.165, 1.54) is 15.3 Å². The molecular weight excluding hydrogens is 376 g/mol. The molecule has 0 fully saturated rings. The molecular formula is C20H26N4OS2. The highest BCUT2D eigenvalue weighted by Crippen LogP contribution is 2.18. The topological polar surface area (TPSA) is 35.2 Å². The molecule has 1 aromatic carbocycles. The summed E-state index contributed by atoms with van der Waals surface area (Å²) >= 11 is 7.44. The minimum absolute atomic E-state index is 0.631. The Balaban J connectivity index is 1.70. The zero-order chi connectivity index (χ0) is 19.1. The van der Waals surface area contributed by atoms with Crippen molar-refractivity contribution in [3.05, 3.63) is 68.9 Å². The first-order valence-electron chi connectivity index (χ1n) is 9.08. The fourth-order valence-electron chi connectivity index (χ4n) is 2.92. The Kier molecular flexibility index (Phi) is 7.34. The number of nitrogens with zero attached hydrogens (tertiary/aromatic N) is 4. The predicted molar refractivity (Wildman–Crippen MR) is 113 cm³/mol. The number of hydrogen-bond acceptors (Lipinski definition) is 5. The summed E-state index contributed by atoms with van der Waals surface area (Å²) in [6.07, 6.45) is 2.80. The van der Waals surface area contributed by atoms with Gasteiger partial charge in [-0.05, 0) is 43.3 Å². The lowest BCUT2D eigenvalue weighted by Gasteiger charge is -2.21. The Morgan fingerprint density at radius 1 is 1.19 bits per heavy atom. The van der Waals surface area contributed by atoms with E-state index >= 15 is 0 Å². The van der Waals surface area contributed by atoms with Crippen LogP contribution >= 0.6 is 23.6 Å². The number of rotatable bonds is 10. The third-order valence-electron chi connectivity index (χ3n) is 4.40. The molecule has 0 aliphatic heterocycles. The van der Waals surface area contributed by atoms with Crippen LogP contribution in [0.1, 0.15) is 15.3 Å². The maximum atomic E-state index is 5.59. The van der Waals surface area contributed by atoms with E-state index in [1.54, 1.807) is 13.4 Å². The zero-order valence-corrected chi connectivity index (χ0v) is 17.5. The van der Waals surface area contributed by atoms with E-state index in [-0.39, 0.29) is 0 Å². The van der Waals surface area contributed by atoms with Crippen LogP contribution in [0, 0.1) is 11.7 Å². The van der Waals surface area contributed by atoms with Gasteiger partial charge in [-0.15, -0.1) is 11.3 Å². The molecule has 0 saturated carbocycles. The molecule has 3 rings (SSSR count). The Labute approximate surface area is 169 Å². The van der Waals surface area contributed by atoms with Crippen molar-refractivity contribution in [1.29, 1.82) is 0 Å². The van der Waals surface area contributed by atoms with Crippen molar-refractivity contribution in [2.45, 2.75) is 33.1 Å². The molecule has 0 spiro atoms. The third kappa shape index (κ3) is 5.84. The lowest BCUT2D eigenvalue weighted by molar-refractivity contribution is 0.184. The summed E-state index contributed by atoms with van der Waals surface area (Å²) in [6, 6.07) is 15.0. The van der Waals surface area contributed by atoms with Crippen molar-refractivity contribution in [2.24, 2.45) is 0 Å². The van der Waals surface area contributed by atoms with Gasteiger partial charge in [0.2, 0.25) is 0 Å². The van der Waals surface area contributed by atoms with E-state index in [4.69, 9.17) is 17.0 Å². The van der Waals surface area contributed by atoms with Crippen molar-refractivity contribution in [2.75, 3.05) is 20.3 Å². The van der Waals surface area contributed by atoms with Crippen LogP contribution in [0.25, 0.3) is 0 Å². The number of ether oxygens (including phenoxy) is 1. The molecule has 144 valence electrons. The van der Waals surface area contributed by atoms with E-state index in [0.717, 1.165) is 30.8 Å². The van der Waals surface area contributed by atoms with Crippen LogP contribution in [0.3, 0.4) is 0 Å². The van der Waals surface area contributed by atoms with Gasteiger partial charge in [-0.3, -0.25) is 4.90 Å². The van der Waals surface area contributed by atoms with Crippen LogP contribution in [-0.2, 0) is 30.9 Å². The molecule has 3 aromatic rings. The minimum atomic E-state index is 0.631. The summed E-state index contributed by atoms with van der Waals surface area (Å²) in [6.45, 7) is 6.04. The summed E-state index contributed by atoms with van der Waals surface area (Å²) in [4.78, 5) is 5.11. The summed E-state index contributed by atoms with van der Waals surface area (Å²) in [5, 5.41) is 4.49. The van der Waals surface area contributed by atoms with Crippen LogP contribution in [0.4, 0.5) is 0 Å². The molecule has 0 aliphatic rings. The van der Waals surface area contributed by atoms with Crippen molar-refractivity contribution in [3.63, 3.8) is 0 Å². The van der Waals surface area contributed by atoms with Gasteiger partial charge < -0.3 is 9.30 Å². The fourth-order valence-corrected chi connectivity index (χ4v) is 4.10. The number of benzene rings is 1. The van der Waals surface area contributed by atoms with Crippen molar-refractivity contribution in [3.8, 4) is 0 Å². The van der Waals surface area contributed by atoms with Gasteiger partial charge >= 0.3 is 0 Å². The summed E-state index contributed by atoms with van der Waals surface area (Å²) in [5.74, 6) is 0. The first kappa shape index (κ1) is 19.9. The lowest BCUT2D eigenvalue weighted by atomic mass is 10.1. The van der Waals surface area contributed by atoms with Gasteiger partial charge in [-0.2, -0.15) is 5.10 Å². The molecule has 0 unspecified atom stereocenters. The SMILES string of the molecule is COCCn1cnn(CN(CCc2ccccc2)Cc2ccc(C)s2)c1=S. The second kappa shape index (κ2) is 9.94. The molecule has 2 aromatic heterocycles. The van der Waals surface area contributed by atoms with Crippen LogP contribution in [0.2, 0.25) is 0 Å². The molecule has 0 saturated heterocycles. The summed E-state index contributed by atoms with van der Waals surface area (Å²) < 4.78 is 9.74. The number of aryl methyl sites for hydroxylation is 1. The predicted octanol–water partition coefficient (Wildman–Crippen LogP) is 4.13. The van der Waals surface area contributed by atoms with Crippen molar-refractivity contribution >= 4 is 23.6 Å². The van der Waals surface area contributed by atoms with Gasteiger partial charge in [0.1, 0.15) is 6.33 Å². The van der Waals surface area contributed by atoms with Gasteiger partial charge in [-0.25, -0.2) is 4.68 Å². The van der Waals surface area contributed by atoms with Crippen LogP contribution in [-0.4, -0.2) is 39.5 Å². The number of hydrogen-bond donors (Lipinski definition) is 0.